The molecule has 4 nitrogen and oxygen atoms in total. The number of anilines is 1. The summed E-state index contributed by atoms with van der Waals surface area (Å²) < 4.78 is 5.15. The quantitative estimate of drug-likeness (QED) is 0.887. The van der Waals surface area contributed by atoms with E-state index in [1.54, 1.807) is 12.5 Å². The smallest absolute Gasteiger partial charge is 0.224 e. The van der Waals surface area contributed by atoms with Crippen LogP contribution in [0.5, 0.6) is 0 Å². The van der Waals surface area contributed by atoms with Crippen LogP contribution in [0.2, 0.25) is 0 Å². The third kappa shape index (κ3) is 2.27. The lowest BCUT2D eigenvalue weighted by molar-refractivity contribution is -0.116. The van der Waals surface area contributed by atoms with Crippen LogP contribution in [0.4, 0.5) is 5.69 Å². The van der Waals surface area contributed by atoms with Gasteiger partial charge in [0.05, 0.1) is 18.6 Å². The first-order valence-electron chi connectivity index (χ1n) is 6.40. The highest BCUT2D eigenvalue weighted by Gasteiger charge is 2.18. The number of fused-ring (bicyclic) bond motifs is 1. The van der Waals surface area contributed by atoms with Gasteiger partial charge in [0.1, 0.15) is 0 Å². The number of hydrogen-bond donors (Lipinski definition) is 2. The molecule has 0 saturated heterocycles. The van der Waals surface area contributed by atoms with Crippen molar-refractivity contribution in [2.45, 2.75) is 18.9 Å². The van der Waals surface area contributed by atoms with Crippen LogP contribution in [0.25, 0.3) is 0 Å². The van der Waals surface area contributed by atoms with Gasteiger partial charge in [-0.25, -0.2) is 0 Å². The summed E-state index contributed by atoms with van der Waals surface area (Å²) >= 11 is 0. The lowest BCUT2D eigenvalue weighted by atomic mass is 9.95. The molecule has 2 aromatic rings. The van der Waals surface area contributed by atoms with Crippen molar-refractivity contribution in [3.05, 3.63) is 53.5 Å². The zero-order chi connectivity index (χ0) is 13.2. The predicted octanol–water partition coefficient (Wildman–Crippen LogP) is 2.47. The average molecular weight is 256 g/mol. The van der Waals surface area contributed by atoms with Crippen molar-refractivity contribution in [1.29, 1.82) is 0 Å². The molecular weight excluding hydrogens is 240 g/mol. The molecule has 1 aliphatic rings. The van der Waals surface area contributed by atoms with Crippen molar-refractivity contribution >= 4 is 11.6 Å². The van der Waals surface area contributed by atoms with E-state index in [0.717, 1.165) is 17.7 Å². The Bertz CT molecular complexity index is 590. The maximum Gasteiger partial charge on any atom is 0.224 e. The Morgan fingerprint density at radius 1 is 1.26 bits per heavy atom. The monoisotopic (exact) mass is 256 g/mol. The van der Waals surface area contributed by atoms with Crippen molar-refractivity contribution in [2.24, 2.45) is 0 Å². The van der Waals surface area contributed by atoms with Gasteiger partial charge in [-0.2, -0.15) is 0 Å². The van der Waals surface area contributed by atoms with Crippen molar-refractivity contribution < 1.29 is 9.21 Å². The fourth-order valence-corrected chi connectivity index (χ4v) is 2.55. The number of amides is 1. The van der Waals surface area contributed by atoms with Gasteiger partial charge >= 0.3 is 0 Å². The third-order valence-electron chi connectivity index (χ3n) is 3.52. The predicted molar refractivity (Wildman–Crippen MR) is 73.0 cm³/mol. The molecule has 19 heavy (non-hydrogen) atoms. The fraction of sp³-hybridized carbons (Fsp3) is 0.267. The molecule has 3 rings (SSSR count). The Hall–Kier alpha value is -2.07. The number of aryl methyl sites for hydroxylation is 1. The van der Waals surface area contributed by atoms with Crippen LogP contribution in [0.3, 0.4) is 0 Å². The molecule has 2 heterocycles. The summed E-state index contributed by atoms with van der Waals surface area (Å²) in [5.41, 5.74) is 4.41. The van der Waals surface area contributed by atoms with E-state index < -0.39 is 0 Å². The Labute approximate surface area is 111 Å². The van der Waals surface area contributed by atoms with Crippen molar-refractivity contribution in [3.63, 3.8) is 0 Å². The fourth-order valence-electron chi connectivity index (χ4n) is 2.55. The normalized spacial score (nSPS) is 15.7. The molecule has 1 atom stereocenters. The van der Waals surface area contributed by atoms with Crippen molar-refractivity contribution in [2.75, 3.05) is 12.4 Å². The van der Waals surface area contributed by atoms with Gasteiger partial charge in [0.2, 0.25) is 5.91 Å². The highest BCUT2D eigenvalue weighted by atomic mass is 16.3. The van der Waals surface area contributed by atoms with Crippen molar-refractivity contribution in [3.8, 4) is 0 Å². The van der Waals surface area contributed by atoms with Gasteiger partial charge in [0, 0.05) is 17.7 Å². The topological polar surface area (TPSA) is 54.3 Å². The van der Waals surface area contributed by atoms with E-state index in [2.05, 4.69) is 16.7 Å². The van der Waals surface area contributed by atoms with Gasteiger partial charge in [-0.1, -0.05) is 12.1 Å². The van der Waals surface area contributed by atoms with E-state index >= 15 is 0 Å². The van der Waals surface area contributed by atoms with E-state index in [9.17, 15) is 4.79 Å². The first-order chi connectivity index (χ1) is 9.28. The van der Waals surface area contributed by atoms with Gasteiger partial charge in [0.25, 0.3) is 0 Å². The summed E-state index contributed by atoms with van der Waals surface area (Å²) in [6.07, 6.45) is 4.80. The number of nitrogens with one attached hydrogen (secondary N) is 2. The molecule has 2 N–H and O–H groups in total. The van der Waals surface area contributed by atoms with E-state index in [1.807, 2.05) is 25.2 Å². The molecule has 0 spiro atoms. The molecule has 1 amide bonds. The summed E-state index contributed by atoms with van der Waals surface area (Å²) in [7, 11) is 1.93. The molecule has 0 fully saturated rings. The lowest BCUT2D eigenvalue weighted by Gasteiger charge is -2.21. The summed E-state index contributed by atoms with van der Waals surface area (Å²) in [5.74, 6) is 0.0975. The molecule has 1 aromatic carbocycles. The minimum atomic E-state index is 0.0975. The van der Waals surface area contributed by atoms with Gasteiger partial charge in [-0.3, -0.25) is 4.79 Å². The first-order valence-corrected chi connectivity index (χ1v) is 6.40. The van der Waals surface area contributed by atoms with E-state index in [4.69, 9.17) is 4.42 Å². The number of carbonyl (C=O) groups excluding carboxylic acids is 1. The molecule has 98 valence electrons. The third-order valence-corrected chi connectivity index (χ3v) is 3.52. The summed E-state index contributed by atoms with van der Waals surface area (Å²) in [6, 6.07) is 8.25. The number of benzene rings is 1. The maximum absolute atomic E-state index is 11.4. The lowest BCUT2D eigenvalue weighted by Crippen LogP contribution is -2.21. The summed E-state index contributed by atoms with van der Waals surface area (Å²) in [4.78, 5) is 11.4. The largest absolute Gasteiger partial charge is 0.472 e. The van der Waals surface area contributed by atoms with Crippen molar-refractivity contribution in [1.82, 2.24) is 5.32 Å². The van der Waals surface area contributed by atoms with Crippen LogP contribution >= 0.6 is 0 Å². The van der Waals surface area contributed by atoms with Crippen LogP contribution in [0.15, 0.2) is 41.2 Å². The second-order valence-corrected chi connectivity index (χ2v) is 4.74. The maximum atomic E-state index is 11.4. The number of furan rings is 1. The zero-order valence-electron chi connectivity index (χ0n) is 10.8. The number of rotatable bonds is 3. The van der Waals surface area contributed by atoms with Gasteiger partial charge in [0.15, 0.2) is 0 Å². The number of hydrogen-bond acceptors (Lipinski definition) is 3. The molecule has 4 heteroatoms. The Balaban J connectivity index is 1.95. The van der Waals surface area contributed by atoms with Crippen LogP contribution < -0.4 is 10.6 Å². The second kappa shape index (κ2) is 4.90. The highest BCUT2D eigenvalue weighted by Crippen LogP contribution is 2.29. The van der Waals surface area contributed by atoms with Crippen LogP contribution in [-0.2, 0) is 11.2 Å². The van der Waals surface area contributed by atoms with Crippen LogP contribution in [0, 0.1) is 0 Å². The zero-order valence-corrected chi connectivity index (χ0v) is 10.8. The summed E-state index contributed by atoms with van der Waals surface area (Å²) in [5, 5.41) is 6.19. The molecule has 0 bridgehead atoms. The molecule has 1 aliphatic heterocycles. The molecule has 1 unspecified atom stereocenters. The van der Waals surface area contributed by atoms with Gasteiger partial charge < -0.3 is 15.1 Å². The highest BCUT2D eigenvalue weighted by molar-refractivity contribution is 5.93. The van der Waals surface area contributed by atoms with E-state index in [1.165, 1.54) is 11.1 Å². The number of carbonyl (C=O) groups is 1. The van der Waals surface area contributed by atoms with E-state index in [0.29, 0.717) is 6.42 Å². The molecule has 0 radical (unpaired) electrons. The Morgan fingerprint density at radius 3 is 2.89 bits per heavy atom. The van der Waals surface area contributed by atoms with Crippen LogP contribution in [-0.4, -0.2) is 13.0 Å². The standard InChI is InChI=1S/C15H16N2O2/c1-16-15(12-6-7-19-9-12)11-2-4-13-10(8-11)3-5-14(18)17-13/h2,4,6-9,15-16H,3,5H2,1H3,(H,17,18). The molecule has 1 aromatic heterocycles. The average Bonchev–Trinajstić information content (AvgIpc) is 2.93. The van der Waals surface area contributed by atoms with Gasteiger partial charge in [-0.15, -0.1) is 0 Å². The second-order valence-electron chi connectivity index (χ2n) is 4.74. The van der Waals surface area contributed by atoms with Crippen LogP contribution in [0.1, 0.15) is 29.2 Å². The SMILES string of the molecule is CNC(c1ccoc1)c1ccc2c(c1)CCC(=O)N2. The molecular formula is C15H16N2O2. The van der Waals surface area contributed by atoms with E-state index in [-0.39, 0.29) is 11.9 Å². The Morgan fingerprint density at radius 2 is 2.16 bits per heavy atom. The first kappa shape index (κ1) is 12.0. The Kier molecular flexibility index (Phi) is 3.09. The minimum Gasteiger partial charge on any atom is -0.472 e. The molecule has 0 aliphatic carbocycles. The minimum absolute atomic E-state index is 0.0975. The van der Waals surface area contributed by atoms with Gasteiger partial charge in [-0.05, 0) is 36.7 Å². The molecule has 0 saturated carbocycles. The summed E-state index contributed by atoms with van der Waals surface area (Å²) in [6.45, 7) is 0.